The maximum atomic E-state index is 6.32. The van der Waals surface area contributed by atoms with Crippen molar-refractivity contribution in [2.24, 2.45) is 0 Å². The van der Waals surface area contributed by atoms with Crippen molar-refractivity contribution in [1.82, 2.24) is 0 Å². The van der Waals surface area contributed by atoms with Crippen LogP contribution in [0.15, 0.2) is 60.7 Å². The Balaban J connectivity index is 1.62. The topological polar surface area (TPSA) is 27.7 Å². The third-order valence-corrected chi connectivity index (χ3v) is 4.11. The molecule has 0 N–H and O–H groups in total. The molecule has 2 aliphatic rings. The fourth-order valence-electron chi connectivity index (χ4n) is 2.96. The van der Waals surface area contributed by atoms with Gasteiger partial charge in [-0.05, 0) is 29.8 Å². The smallest absolute Gasteiger partial charge is 0.150 e. The van der Waals surface area contributed by atoms with Crippen molar-refractivity contribution in [1.29, 1.82) is 0 Å². The molecule has 2 heterocycles. The molecule has 3 nitrogen and oxygen atoms in total. The SMILES string of the molecule is COc1ccc([C@H]2C=C[C@@]3(COc4ccccc43)O2)cc1. The zero-order valence-corrected chi connectivity index (χ0v) is 11.8. The van der Waals surface area contributed by atoms with Gasteiger partial charge in [-0.15, -0.1) is 0 Å². The Morgan fingerprint density at radius 3 is 2.71 bits per heavy atom. The van der Waals surface area contributed by atoms with E-state index in [2.05, 4.69) is 18.2 Å². The molecule has 0 aliphatic carbocycles. The molecule has 2 aromatic carbocycles. The summed E-state index contributed by atoms with van der Waals surface area (Å²) < 4.78 is 17.3. The number of hydrogen-bond acceptors (Lipinski definition) is 3. The molecule has 0 bridgehead atoms. The summed E-state index contributed by atoms with van der Waals surface area (Å²) in [6.45, 7) is 0.537. The van der Waals surface area contributed by atoms with E-state index in [1.54, 1.807) is 7.11 Å². The first-order chi connectivity index (χ1) is 10.3. The summed E-state index contributed by atoms with van der Waals surface area (Å²) in [6, 6.07) is 16.0. The lowest BCUT2D eigenvalue weighted by Gasteiger charge is -2.23. The van der Waals surface area contributed by atoms with Crippen molar-refractivity contribution in [3.8, 4) is 11.5 Å². The second kappa shape index (κ2) is 4.64. The van der Waals surface area contributed by atoms with Crippen LogP contribution < -0.4 is 9.47 Å². The number of ether oxygens (including phenoxy) is 3. The Morgan fingerprint density at radius 2 is 1.90 bits per heavy atom. The Bertz CT molecular complexity index is 690. The highest BCUT2D eigenvalue weighted by molar-refractivity contribution is 5.46. The Morgan fingerprint density at radius 1 is 1.10 bits per heavy atom. The fourth-order valence-corrected chi connectivity index (χ4v) is 2.96. The number of methoxy groups -OCH3 is 1. The lowest BCUT2D eigenvalue weighted by molar-refractivity contribution is -0.0390. The number of para-hydroxylation sites is 1. The maximum absolute atomic E-state index is 6.32. The summed E-state index contributed by atoms with van der Waals surface area (Å²) >= 11 is 0. The molecule has 2 atom stereocenters. The van der Waals surface area contributed by atoms with Crippen LogP contribution in [0.4, 0.5) is 0 Å². The van der Waals surface area contributed by atoms with E-state index in [9.17, 15) is 0 Å². The van der Waals surface area contributed by atoms with Crippen molar-refractivity contribution in [3.63, 3.8) is 0 Å². The molecule has 0 radical (unpaired) electrons. The third kappa shape index (κ3) is 1.93. The summed E-state index contributed by atoms with van der Waals surface area (Å²) in [5.74, 6) is 1.77. The molecule has 2 aliphatic heterocycles. The van der Waals surface area contributed by atoms with Gasteiger partial charge in [0.25, 0.3) is 0 Å². The number of benzene rings is 2. The summed E-state index contributed by atoms with van der Waals surface area (Å²) in [6.07, 6.45) is 4.17. The van der Waals surface area contributed by atoms with E-state index in [0.29, 0.717) is 6.61 Å². The molecule has 0 aromatic heterocycles. The van der Waals surface area contributed by atoms with Crippen LogP contribution in [0.25, 0.3) is 0 Å². The predicted octanol–water partition coefficient (Wildman–Crippen LogP) is 3.61. The highest BCUT2D eigenvalue weighted by atomic mass is 16.6. The van der Waals surface area contributed by atoms with Crippen molar-refractivity contribution < 1.29 is 14.2 Å². The van der Waals surface area contributed by atoms with Gasteiger partial charge in [-0.3, -0.25) is 0 Å². The molecule has 4 rings (SSSR count). The quantitative estimate of drug-likeness (QED) is 0.786. The maximum Gasteiger partial charge on any atom is 0.150 e. The van der Waals surface area contributed by atoms with Crippen LogP contribution in [-0.2, 0) is 10.3 Å². The molecule has 1 spiro atoms. The van der Waals surface area contributed by atoms with Crippen LogP contribution in [0.1, 0.15) is 17.2 Å². The van der Waals surface area contributed by atoms with Gasteiger partial charge in [0.2, 0.25) is 0 Å². The van der Waals surface area contributed by atoms with Crippen LogP contribution in [0, 0.1) is 0 Å². The fraction of sp³-hybridized carbons (Fsp3) is 0.222. The van der Waals surface area contributed by atoms with Gasteiger partial charge in [-0.25, -0.2) is 0 Å². The van der Waals surface area contributed by atoms with Crippen molar-refractivity contribution in [2.75, 3.05) is 13.7 Å². The van der Waals surface area contributed by atoms with E-state index in [-0.39, 0.29) is 6.10 Å². The third-order valence-electron chi connectivity index (χ3n) is 4.11. The Labute approximate surface area is 123 Å². The lowest BCUT2D eigenvalue weighted by Crippen LogP contribution is -2.26. The van der Waals surface area contributed by atoms with Crippen LogP contribution >= 0.6 is 0 Å². The molecule has 3 heteroatoms. The van der Waals surface area contributed by atoms with Crippen molar-refractivity contribution >= 4 is 0 Å². The van der Waals surface area contributed by atoms with Gasteiger partial charge < -0.3 is 14.2 Å². The van der Waals surface area contributed by atoms with Gasteiger partial charge >= 0.3 is 0 Å². The van der Waals surface area contributed by atoms with Crippen LogP contribution in [0.2, 0.25) is 0 Å². The molecule has 0 saturated carbocycles. The summed E-state index contributed by atoms with van der Waals surface area (Å²) in [7, 11) is 1.67. The minimum atomic E-state index is -0.443. The summed E-state index contributed by atoms with van der Waals surface area (Å²) in [5.41, 5.74) is 1.78. The second-order valence-electron chi connectivity index (χ2n) is 5.35. The van der Waals surface area contributed by atoms with Gasteiger partial charge in [-0.2, -0.15) is 0 Å². The standard InChI is InChI=1S/C18H16O3/c1-19-14-8-6-13(7-9-14)16-10-11-18(21-16)12-20-17-5-3-2-4-15(17)18/h2-11,16H,12H2,1H3/t16-,18+/m1/s1. The molecule has 0 fully saturated rings. The highest BCUT2D eigenvalue weighted by Gasteiger charge is 2.44. The van der Waals surface area contributed by atoms with Gasteiger partial charge in [-0.1, -0.05) is 36.4 Å². The van der Waals surface area contributed by atoms with Crippen LogP contribution in [-0.4, -0.2) is 13.7 Å². The summed E-state index contributed by atoms with van der Waals surface area (Å²) in [4.78, 5) is 0. The molecule has 0 saturated heterocycles. The first-order valence-electron chi connectivity index (χ1n) is 7.04. The van der Waals surface area contributed by atoms with E-state index < -0.39 is 5.60 Å². The van der Waals surface area contributed by atoms with E-state index in [1.165, 1.54) is 0 Å². The molecule has 0 unspecified atom stereocenters. The van der Waals surface area contributed by atoms with E-state index in [0.717, 1.165) is 22.6 Å². The number of rotatable bonds is 2. The van der Waals surface area contributed by atoms with Crippen LogP contribution in [0.5, 0.6) is 11.5 Å². The largest absolute Gasteiger partial charge is 0.497 e. The van der Waals surface area contributed by atoms with Crippen molar-refractivity contribution in [2.45, 2.75) is 11.7 Å². The molecule has 106 valence electrons. The average molecular weight is 280 g/mol. The first-order valence-corrected chi connectivity index (χ1v) is 7.04. The number of fused-ring (bicyclic) bond motifs is 2. The molecule has 0 amide bonds. The number of hydrogen-bond donors (Lipinski definition) is 0. The zero-order chi connectivity index (χ0) is 14.3. The molecular weight excluding hydrogens is 264 g/mol. The minimum absolute atomic E-state index is 0.0503. The minimum Gasteiger partial charge on any atom is -0.497 e. The second-order valence-corrected chi connectivity index (χ2v) is 5.35. The normalized spacial score (nSPS) is 25.9. The molecule has 21 heavy (non-hydrogen) atoms. The summed E-state index contributed by atoms with van der Waals surface area (Å²) in [5, 5.41) is 0. The Hall–Kier alpha value is -2.26. The van der Waals surface area contributed by atoms with E-state index in [4.69, 9.17) is 14.2 Å². The predicted molar refractivity (Wildman–Crippen MR) is 79.6 cm³/mol. The van der Waals surface area contributed by atoms with Gasteiger partial charge in [0, 0.05) is 5.56 Å². The van der Waals surface area contributed by atoms with Gasteiger partial charge in [0.15, 0.2) is 0 Å². The first kappa shape index (κ1) is 12.5. The monoisotopic (exact) mass is 280 g/mol. The van der Waals surface area contributed by atoms with Gasteiger partial charge in [0.05, 0.1) is 7.11 Å². The lowest BCUT2D eigenvalue weighted by atomic mass is 9.97. The van der Waals surface area contributed by atoms with E-state index >= 15 is 0 Å². The Kier molecular flexibility index (Phi) is 2.76. The highest BCUT2D eigenvalue weighted by Crippen LogP contribution is 2.47. The zero-order valence-electron chi connectivity index (χ0n) is 11.8. The van der Waals surface area contributed by atoms with Crippen LogP contribution in [0.3, 0.4) is 0 Å². The van der Waals surface area contributed by atoms with Crippen molar-refractivity contribution in [3.05, 3.63) is 71.8 Å². The molecular formula is C18H16O3. The average Bonchev–Trinajstić information content (AvgIpc) is 3.14. The van der Waals surface area contributed by atoms with E-state index in [1.807, 2.05) is 42.5 Å². The van der Waals surface area contributed by atoms with Gasteiger partial charge in [0.1, 0.15) is 29.8 Å². The molecule has 2 aromatic rings.